The molecule has 0 saturated carbocycles. The monoisotopic (exact) mass is 361 g/mol. The summed E-state index contributed by atoms with van der Waals surface area (Å²) in [5.41, 5.74) is -2.03. The Kier molecular flexibility index (Phi) is 16.6. The van der Waals surface area contributed by atoms with Gasteiger partial charge in [0.05, 0.1) is 0 Å². The van der Waals surface area contributed by atoms with Crippen LogP contribution in [0.2, 0.25) is 0 Å². The topological polar surface area (TPSA) is 89.8 Å². The first-order valence-electron chi connectivity index (χ1n) is 9.94. The summed E-state index contributed by atoms with van der Waals surface area (Å²) >= 11 is 0. The molecule has 0 saturated heterocycles. The highest BCUT2D eigenvalue weighted by Crippen LogP contribution is 2.11. The van der Waals surface area contributed by atoms with Gasteiger partial charge >= 0.3 is 5.97 Å². The van der Waals surface area contributed by atoms with Gasteiger partial charge in [0, 0.05) is 6.42 Å². The fourth-order valence-electron chi connectivity index (χ4n) is 2.69. The third-order valence-electron chi connectivity index (χ3n) is 3.61. The predicted octanol–water partition coefficient (Wildman–Crippen LogP) is 4.80. The maximum atomic E-state index is 10.3. The van der Waals surface area contributed by atoms with Crippen molar-refractivity contribution in [2.75, 3.05) is 0 Å². The number of carboxylic acid groups (broad SMARTS) is 1. The fraction of sp³-hybridized carbons (Fsp3) is 0.950. The first-order chi connectivity index (χ1) is 11.5. The van der Waals surface area contributed by atoms with Gasteiger partial charge in [-0.25, -0.2) is 0 Å². The number of aliphatic carboxylic acids is 1. The van der Waals surface area contributed by atoms with Crippen molar-refractivity contribution in [2.24, 2.45) is 0 Å². The molecule has 25 heavy (non-hydrogen) atoms. The van der Waals surface area contributed by atoms with E-state index in [1.807, 2.05) is 0 Å². The summed E-state index contributed by atoms with van der Waals surface area (Å²) in [5.74, 6) is -0.657. The second-order valence-corrected chi connectivity index (χ2v) is 7.92. The molecule has 0 rings (SSSR count). The molecule has 0 aliphatic rings. The molecule has 5 heteroatoms. The van der Waals surface area contributed by atoms with Crippen molar-refractivity contribution in [3.8, 4) is 0 Å². The predicted molar refractivity (Wildman–Crippen MR) is 104 cm³/mol. The molecule has 0 amide bonds. The van der Waals surface area contributed by atoms with E-state index in [2.05, 4.69) is 12.2 Å². The number of unbranched alkanes of at least 4 members (excludes halogenated alkanes) is 10. The standard InChI is InChI=1S/C14H28O2.C6H15NO2/c1-2-3-4-5-6-7-8-9-10-11-12-13-14(15)16;1-5(2,8)7-6(3,4)9/h2-13H2,1H3,(H,15,16);7-9H,1-4H3. The van der Waals surface area contributed by atoms with E-state index in [0.29, 0.717) is 6.42 Å². The highest BCUT2D eigenvalue weighted by Gasteiger charge is 2.21. The first kappa shape index (κ1) is 26.6. The zero-order chi connectivity index (χ0) is 19.8. The van der Waals surface area contributed by atoms with Crippen LogP contribution in [-0.2, 0) is 4.79 Å². The highest BCUT2D eigenvalue weighted by atomic mass is 16.4. The van der Waals surface area contributed by atoms with Gasteiger partial charge in [-0.2, -0.15) is 0 Å². The zero-order valence-electron chi connectivity index (χ0n) is 17.2. The summed E-state index contributed by atoms with van der Waals surface area (Å²) in [7, 11) is 0. The first-order valence-corrected chi connectivity index (χ1v) is 9.94. The smallest absolute Gasteiger partial charge is 0.303 e. The van der Waals surface area contributed by atoms with E-state index in [4.69, 9.17) is 15.3 Å². The Morgan fingerprint density at radius 1 is 0.720 bits per heavy atom. The third-order valence-corrected chi connectivity index (χ3v) is 3.61. The Labute approximate surface area is 155 Å². The Bertz CT molecular complexity index is 294. The van der Waals surface area contributed by atoms with Crippen molar-refractivity contribution in [1.29, 1.82) is 0 Å². The van der Waals surface area contributed by atoms with E-state index in [-0.39, 0.29) is 0 Å². The van der Waals surface area contributed by atoms with Crippen LogP contribution in [0.1, 0.15) is 112 Å². The molecule has 0 heterocycles. The normalized spacial score (nSPS) is 11.8. The molecule has 0 aromatic heterocycles. The highest BCUT2D eigenvalue weighted by molar-refractivity contribution is 5.66. The SMILES string of the molecule is CC(C)(O)NC(C)(C)O.CCCCCCCCCCCCCC(=O)O. The van der Waals surface area contributed by atoms with E-state index >= 15 is 0 Å². The molecular weight excluding hydrogens is 318 g/mol. The molecule has 0 fully saturated rings. The molecule has 0 radical (unpaired) electrons. The maximum Gasteiger partial charge on any atom is 0.303 e. The molecule has 0 aromatic rings. The Morgan fingerprint density at radius 3 is 1.28 bits per heavy atom. The van der Waals surface area contributed by atoms with Crippen molar-refractivity contribution in [1.82, 2.24) is 5.32 Å². The van der Waals surface area contributed by atoms with Crippen molar-refractivity contribution >= 4 is 5.97 Å². The molecule has 0 bridgehead atoms. The lowest BCUT2D eigenvalue weighted by Crippen LogP contribution is -2.51. The number of carbonyl (C=O) groups is 1. The van der Waals surface area contributed by atoms with Crippen molar-refractivity contribution in [3.63, 3.8) is 0 Å². The number of rotatable bonds is 14. The van der Waals surface area contributed by atoms with Gasteiger partial charge in [0.25, 0.3) is 0 Å². The average Bonchev–Trinajstić information content (AvgIpc) is 2.41. The van der Waals surface area contributed by atoms with E-state index in [0.717, 1.165) is 12.8 Å². The second-order valence-electron chi connectivity index (χ2n) is 7.92. The molecule has 152 valence electrons. The molecule has 0 unspecified atom stereocenters. The summed E-state index contributed by atoms with van der Waals surface area (Å²) in [5, 5.41) is 29.2. The molecule has 0 aliphatic carbocycles. The number of aliphatic hydroxyl groups is 2. The molecule has 0 spiro atoms. The third kappa shape index (κ3) is 31.6. The Hall–Kier alpha value is -0.650. The number of carboxylic acids is 1. The lowest BCUT2D eigenvalue weighted by Gasteiger charge is -2.28. The van der Waals surface area contributed by atoms with Gasteiger partial charge in [-0.05, 0) is 34.1 Å². The van der Waals surface area contributed by atoms with Crippen LogP contribution in [0.4, 0.5) is 0 Å². The van der Waals surface area contributed by atoms with Gasteiger partial charge in [0.2, 0.25) is 0 Å². The minimum Gasteiger partial charge on any atom is -0.481 e. The average molecular weight is 362 g/mol. The summed E-state index contributed by atoms with van der Waals surface area (Å²) < 4.78 is 0. The Morgan fingerprint density at radius 2 is 1.04 bits per heavy atom. The van der Waals surface area contributed by atoms with Crippen molar-refractivity contribution in [3.05, 3.63) is 0 Å². The molecule has 0 aliphatic heterocycles. The van der Waals surface area contributed by atoms with Gasteiger partial charge in [-0.15, -0.1) is 0 Å². The summed E-state index contributed by atoms with van der Waals surface area (Å²) in [4.78, 5) is 10.3. The second kappa shape index (κ2) is 15.6. The minimum atomic E-state index is -1.02. The number of nitrogens with one attached hydrogen (secondary N) is 1. The van der Waals surface area contributed by atoms with Crippen LogP contribution in [-0.4, -0.2) is 32.7 Å². The van der Waals surface area contributed by atoms with Gasteiger partial charge < -0.3 is 15.3 Å². The number of hydrogen-bond acceptors (Lipinski definition) is 4. The van der Waals surface area contributed by atoms with Gasteiger partial charge in [-0.3, -0.25) is 10.1 Å². The lowest BCUT2D eigenvalue weighted by atomic mass is 10.1. The quantitative estimate of drug-likeness (QED) is 0.263. The van der Waals surface area contributed by atoms with Crippen LogP contribution in [0.15, 0.2) is 0 Å². The fourth-order valence-corrected chi connectivity index (χ4v) is 2.69. The maximum absolute atomic E-state index is 10.3. The van der Waals surface area contributed by atoms with Crippen LogP contribution in [0.3, 0.4) is 0 Å². The molecule has 0 aromatic carbocycles. The van der Waals surface area contributed by atoms with Crippen LogP contribution >= 0.6 is 0 Å². The zero-order valence-corrected chi connectivity index (χ0v) is 17.2. The summed E-state index contributed by atoms with van der Waals surface area (Å²) in [6, 6.07) is 0. The summed E-state index contributed by atoms with van der Waals surface area (Å²) in [6.45, 7) is 8.54. The van der Waals surface area contributed by atoms with Crippen molar-refractivity contribution < 1.29 is 20.1 Å². The Balaban J connectivity index is 0. The van der Waals surface area contributed by atoms with Crippen LogP contribution in [0, 0.1) is 0 Å². The van der Waals surface area contributed by atoms with E-state index in [1.165, 1.54) is 57.8 Å². The minimum absolute atomic E-state index is 0.344. The van der Waals surface area contributed by atoms with Crippen LogP contribution in [0.25, 0.3) is 0 Å². The largest absolute Gasteiger partial charge is 0.481 e. The van der Waals surface area contributed by atoms with E-state index in [9.17, 15) is 4.79 Å². The molecule has 4 N–H and O–H groups in total. The molecule has 0 atom stereocenters. The van der Waals surface area contributed by atoms with Crippen molar-refractivity contribution in [2.45, 2.75) is 123 Å². The van der Waals surface area contributed by atoms with Crippen LogP contribution in [0.5, 0.6) is 0 Å². The number of hydrogen-bond donors (Lipinski definition) is 4. The molecular formula is C20H43NO4. The summed E-state index contributed by atoms with van der Waals surface area (Å²) in [6.07, 6.45) is 14.4. The van der Waals surface area contributed by atoms with E-state index in [1.54, 1.807) is 27.7 Å². The van der Waals surface area contributed by atoms with Crippen LogP contribution < -0.4 is 5.32 Å². The van der Waals surface area contributed by atoms with Gasteiger partial charge in [0.1, 0.15) is 11.4 Å². The van der Waals surface area contributed by atoms with Gasteiger partial charge in [0.15, 0.2) is 0 Å². The van der Waals surface area contributed by atoms with E-state index < -0.39 is 17.4 Å². The molecule has 5 nitrogen and oxygen atoms in total. The lowest BCUT2D eigenvalue weighted by molar-refractivity contribution is -0.137. The van der Waals surface area contributed by atoms with Gasteiger partial charge in [-0.1, -0.05) is 71.1 Å².